The number of amidine groups is 1. The zero-order chi connectivity index (χ0) is 11.5. The second-order valence-corrected chi connectivity index (χ2v) is 4.72. The molecule has 1 aromatic heterocycles. The molecule has 1 unspecified atom stereocenters. The number of hydrogen-bond donors (Lipinski definition) is 1. The fourth-order valence-electron chi connectivity index (χ4n) is 1.12. The molecule has 0 saturated carbocycles. The normalized spacial score (nSPS) is 15.1. The van der Waals surface area contributed by atoms with Crippen molar-refractivity contribution in [2.24, 2.45) is 16.1 Å². The van der Waals surface area contributed by atoms with Gasteiger partial charge in [0.05, 0.1) is 11.9 Å². The molecule has 15 heavy (non-hydrogen) atoms. The molecule has 0 fully saturated rings. The second kappa shape index (κ2) is 4.43. The molecule has 1 atom stereocenters. The Morgan fingerprint density at radius 3 is 2.33 bits per heavy atom. The topological polar surface area (TPSA) is 51.3 Å². The largest absolute Gasteiger partial charge is 0.387 e. The number of aromatic nitrogens is 1. The van der Waals surface area contributed by atoms with Crippen LogP contribution >= 0.6 is 0 Å². The zero-order valence-corrected chi connectivity index (χ0v) is 9.86. The lowest BCUT2D eigenvalue weighted by Crippen LogP contribution is -2.29. The molecule has 0 radical (unpaired) electrons. The highest BCUT2D eigenvalue weighted by molar-refractivity contribution is 5.85. The van der Waals surface area contributed by atoms with Crippen LogP contribution in [0.4, 0.5) is 0 Å². The first kappa shape index (κ1) is 11.7. The summed E-state index contributed by atoms with van der Waals surface area (Å²) in [6.07, 6.45) is 3.54. The van der Waals surface area contributed by atoms with Gasteiger partial charge in [0.15, 0.2) is 0 Å². The summed E-state index contributed by atoms with van der Waals surface area (Å²) in [5.74, 6) is 0.687. The molecule has 0 aliphatic rings. The van der Waals surface area contributed by atoms with Gasteiger partial charge in [-0.05, 0) is 24.6 Å². The van der Waals surface area contributed by atoms with Crippen molar-refractivity contribution in [3.8, 4) is 0 Å². The number of pyridine rings is 1. The van der Waals surface area contributed by atoms with E-state index in [2.05, 4.69) is 30.7 Å². The molecule has 0 bridgehead atoms. The van der Waals surface area contributed by atoms with Crippen molar-refractivity contribution in [1.29, 1.82) is 0 Å². The van der Waals surface area contributed by atoms with Crippen LogP contribution in [0.3, 0.4) is 0 Å². The summed E-state index contributed by atoms with van der Waals surface area (Å²) >= 11 is 0. The standard InChI is InChI=1S/C12H19N3/c1-9(10-5-7-14-8-6-10)15-11(13)12(2,3)4/h5-9H,1-4H3,(H2,13,15). The minimum atomic E-state index is -0.0682. The van der Waals surface area contributed by atoms with Gasteiger partial charge in [-0.1, -0.05) is 20.8 Å². The molecular weight excluding hydrogens is 186 g/mol. The SMILES string of the molecule is CC(N=C(N)C(C)(C)C)c1ccncc1. The lowest BCUT2D eigenvalue weighted by Gasteiger charge is -2.19. The van der Waals surface area contributed by atoms with Crippen LogP contribution < -0.4 is 5.73 Å². The van der Waals surface area contributed by atoms with Gasteiger partial charge in [0.25, 0.3) is 0 Å². The van der Waals surface area contributed by atoms with E-state index in [0.29, 0.717) is 5.84 Å². The van der Waals surface area contributed by atoms with Gasteiger partial charge in [-0.25, -0.2) is 0 Å². The van der Waals surface area contributed by atoms with Crippen LogP contribution in [0.25, 0.3) is 0 Å². The first-order chi connectivity index (χ1) is 6.91. The molecule has 3 nitrogen and oxygen atoms in total. The van der Waals surface area contributed by atoms with Gasteiger partial charge in [-0.15, -0.1) is 0 Å². The Hall–Kier alpha value is -1.38. The monoisotopic (exact) mass is 205 g/mol. The zero-order valence-electron chi connectivity index (χ0n) is 9.86. The van der Waals surface area contributed by atoms with Crippen LogP contribution in [0.1, 0.15) is 39.3 Å². The molecule has 82 valence electrons. The third kappa shape index (κ3) is 3.35. The van der Waals surface area contributed by atoms with Crippen molar-refractivity contribution in [2.75, 3.05) is 0 Å². The van der Waals surface area contributed by atoms with Crippen LogP contribution in [-0.2, 0) is 0 Å². The third-order valence-corrected chi connectivity index (χ3v) is 2.29. The maximum absolute atomic E-state index is 5.92. The van der Waals surface area contributed by atoms with Gasteiger partial charge in [0.2, 0.25) is 0 Å². The van der Waals surface area contributed by atoms with E-state index in [1.54, 1.807) is 12.4 Å². The maximum atomic E-state index is 5.92. The quantitative estimate of drug-likeness (QED) is 0.596. The second-order valence-electron chi connectivity index (χ2n) is 4.72. The Kier molecular flexibility index (Phi) is 3.45. The number of hydrogen-bond acceptors (Lipinski definition) is 2. The van der Waals surface area contributed by atoms with Crippen molar-refractivity contribution in [1.82, 2.24) is 4.98 Å². The van der Waals surface area contributed by atoms with Crippen molar-refractivity contribution < 1.29 is 0 Å². The predicted molar refractivity (Wildman–Crippen MR) is 63.7 cm³/mol. The van der Waals surface area contributed by atoms with Gasteiger partial charge in [0.1, 0.15) is 0 Å². The Morgan fingerprint density at radius 2 is 1.87 bits per heavy atom. The van der Waals surface area contributed by atoms with E-state index < -0.39 is 0 Å². The lowest BCUT2D eigenvalue weighted by atomic mass is 9.95. The molecule has 0 aliphatic carbocycles. The average Bonchev–Trinajstić information content (AvgIpc) is 2.17. The lowest BCUT2D eigenvalue weighted by molar-refractivity contribution is 0.575. The minimum absolute atomic E-state index is 0.0682. The molecule has 0 aromatic carbocycles. The van der Waals surface area contributed by atoms with E-state index in [1.165, 1.54) is 0 Å². The Balaban J connectivity index is 2.84. The summed E-state index contributed by atoms with van der Waals surface area (Å²) in [7, 11) is 0. The van der Waals surface area contributed by atoms with Crippen molar-refractivity contribution in [3.05, 3.63) is 30.1 Å². The highest BCUT2D eigenvalue weighted by atomic mass is 14.9. The van der Waals surface area contributed by atoms with Gasteiger partial charge in [0, 0.05) is 17.8 Å². The van der Waals surface area contributed by atoms with Crippen LogP contribution in [0.5, 0.6) is 0 Å². The molecule has 0 aliphatic heterocycles. The summed E-state index contributed by atoms with van der Waals surface area (Å²) in [6, 6.07) is 4.01. The van der Waals surface area contributed by atoms with Gasteiger partial charge >= 0.3 is 0 Å². The molecule has 3 heteroatoms. The summed E-state index contributed by atoms with van der Waals surface area (Å²) in [4.78, 5) is 8.46. The molecular formula is C12H19N3. The van der Waals surface area contributed by atoms with Gasteiger partial charge in [-0.2, -0.15) is 0 Å². The molecule has 0 spiro atoms. The van der Waals surface area contributed by atoms with E-state index in [1.807, 2.05) is 19.1 Å². The first-order valence-electron chi connectivity index (χ1n) is 5.15. The highest BCUT2D eigenvalue weighted by Crippen LogP contribution is 2.19. The molecule has 0 saturated heterocycles. The van der Waals surface area contributed by atoms with Crippen molar-refractivity contribution in [3.63, 3.8) is 0 Å². The summed E-state index contributed by atoms with van der Waals surface area (Å²) in [5, 5.41) is 0. The smallest absolute Gasteiger partial charge is 0.0998 e. The van der Waals surface area contributed by atoms with Gasteiger partial charge < -0.3 is 5.73 Å². The number of rotatable bonds is 2. The maximum Gasteiger partial charge on any atom is 0.0998 e. The fourth-order valence-corrected chi connectivity index (χ4v) is 1.12. The number of nitrogens with zero attached hydrogens (tertiary/aromatic N) is 2. The molecule has 1 heterocycles. The van der Waals surface area contributed by atoms with E-state index in [9.17, 15) is 0 Å². The summed E-state index contributed by atoms with van der Waals surface area (Å²) in [5.41, 5.74) is 6.99. The summed E-state index contributed by atoms with van der Waals surface area (Å²) in [6.45, 7) is 8.22. The van der Waals surface area contributed by atoms with E-state index in [-0.39, 0.29) is 11.5 Å². The average molecular weight is 205 g/mol. The van der Waals surface area contributed by atoms with E-state index in [4.69, 9.17) is 5.73 Å². The first-order valence-corrected chi connectivity index (χ1v) is 5.15. The number of aliphatic imine (C=N–C) groups is 1. The Morgan fingerprint density at radius 1 is 1.33 bits per heavy atom. The van der Waals surface area contributed by atoms with Crippen LogP contribution in [0.15, 0.2) is 29.5 Å². The molecule has 0 amide bonds. The minimum Gasteiger partial charge on any atom is -0.387 e. The third-order valence-electron chi connectivity index (χ3n) is 2.29. The fraction of sp³-hybridized carbons (Fsp3) is 0.500. The van der Waals surface area contributed by atoms with Crippen LogP contribution in [0.2, 0.25) is 0 Å². The van der Waals surface area contributed by atoms with Crippen molar-refractivity contribution >= 4 is 5.84 Å². The van der Waals surface area contributed by atoms with Gasteiger partial charge in [-0.3, -0.25) is 9.98 Å². The molecule has 1 aromatic rings. The molecule has 1 rings (SSSR count). The predicted octanol–water partition coefficient (Wildman–Crippen LogP) is 2.55. The van der Waals surface area contributed by atoms with Crippen molar-refractivity contribution in [2.45, 2.75) is 33.7 Å². The van der Waals surface area contributed by atoms with E-state index in [0.717, 1.165) is 5.56 Å². The van der Waals surface area contributed by atoms with Crippen LogP contribution in [-0.4, -0.2) is 10.8 Å². The summed E-state index contributed by atoms with van der Waals surface area (Å²) < 4.78 is 0. The molecule has 2 N–H and O–H groups in total. The van der Waals surface area contributed by atoms with Crippen LogP contribution in [0, 0.1) is 5.41 Å². The highest BCUT2D eigenvalue weighted by Gasteiger charge is 2.16. The Labute approximate surface area is 91.4 Å². The van der Waals surface area contributed by atoms with E-state index >= 15 is 0 Å². The number of nitrogens with two attached hydrogens (primary N) is 1. The Bertz CT molecular complexity index is 336.